The van der Waals surface area contributed by atoms with Crippen LogP contribution in [0.15, 0.2) is 34.1 Å². The van der Waals surface area contributed by atoms with Crippen LogP contribution in [0.3, 0.4) is 0 Å². The van der Waals surface area contributed by atoms with Crippen LogP contribution in [0, 0.1) is 11.8 Å². The van der Waals surface area contributed by atoms with Crippen molar-refractivity contribution in [2.75, 3.05) is 13.1 Å². The zero-order chi connectivity index (χ0) is 19.5. The lowest BCUT2D eigenvalue weighted by Crippen LogP contribution is -2.43. The molecule has 0 spiro atoms. The Labute approximate surface area is 158 Å². The summed E-state index contributed by atoms with van der Waals surface area (Å²) >= 11 is 0. The molecule has 8 heteroatoms. The summed E-state index contributed by atoms with van der Waals surface area (Å²) in [7, 11) is -7.26. The molecule has 26 heavy (non-hydrogen) atoms. The molecule has 1 saturated carbocycles. The van der Waals surface area contributed by atoms with E-state index in [0.717, 1.165) is 19.3 Å². The van der Waals surface area contributed by atoms with Gasteiger partial charge in [0, 0.05) is 19.1 Å². The second kappa shape index (κ2) is 8.37. The molecule has 1 fully saturated rings. The lowest BCUT2D eigenvalue weighted by molar-refractivity contribution is 0.227. The van der Waals surface area contributed by atoms with Gasteiger partial charge in [-0.3, -0.25) is 0 Å². The molecule has 1 aromatic rings. The van der Waals surface area contributed by atoms with Crippen molar-refractivity contribution >= 4 is 20.0 Å². The predicted molar refractivity (Wildman–Crippen MR) is 103 cm³/mol. The summed E-state index contributed by atoms with van der Waals surface area (Å²) in [6.07, 6.45) is 2.97. The minimum Gasteiger partial charge on any atom is -0.208 e. The Hall–Kier alpha value is -0.960. The largest absolute Gasteiger partial charge is 0.243 e. The molecule has 6 nitrogen and oxygen atoms in total. The Morgan fingerprint density at radius 1 is 0.962 bits per heavy atom. The van der Waals surface area contributed by atoms with Crippen LogP contribution in [0.2, 0.25) is 0 Å². The summed E-state index contributed by atoms with van der Waals surface area (Å²) in [6.45, 7) is 8.53. The molecule has 0 aliphatic heterocycles. The molecule has 1 aromatic carbocycles. The molecule has 148 valence electrons. The van der Waals surface area contributed by atoms with E-state index >= 15 is 0 Å². The van der Waals surface area contributed by atoms with Gasteiger partial charge in [-0.1, -0.05) is 40.5 Å². The molecule has 1 N–H and O–H groups in total. The highest BCUT2D eigenvalue weighted by molar-refractivity contribution is 7.89. The molecule has 0 amide bonds. The first kappa shape index (κ1) is 21.3. The van der Waals surface area contributed by atoms with E-state index in [9.17, 15) is 16.8 Å². The summed E-state index contributed by atoms with van der Waals surface area (Å²) in [5.74, 6) is 0.763. The Morgan fingerprint density at radius 2 is 1.50 bits per heavy atom. The molecule has 1 aliphatic rings. The third-order valence-corrected chi connectivity index (χ3v) is 9.06. The second-order valence-electron chi connectivity index (χ2n) is 7.06. The number of nitrogens with one attached hydrogen (secondary N) is 1. The zero-order valence-electron chi connectivity index (χ0n) is 16.0. The van der Waals surface area contributed by atoms with Gasteiger partial charge >= 0.3 is 0 Å². The van der Waals surface area contributed by atoms with Crippen LogP contribution in [0.4, 0.5) is 0 Å². The minimum absolute atomic E-state index is 0.0807. The standard InChI is InChI=1S/C18H30N2O4S2/c1-5-20(6-2)26(23,24)17-12-10-16(11-13-17)25(21,22)19-18-9-7-8-14(3)15(18)4/h10-15,18-19H,5-9H2,1-4H3/t14-,15+,18-/m1/s1. The Morgan fingerprint density at radius 3 is 2.04 bits per heavy atom. The van der Waals surface area contributed by atoms with Crippen LogP contribution in [0.25, 0.3) is 0 Å². The normalized spacial score (nSPS) is 24.7. The fraction of sp³-hybridized carbons (Fsp3) is 0.667. The third-order valence-electron chi connectivity index (χ3n) is 5.49. The highest BCUT2D eigenvalue weighted by Crippen LogP contribution is 2.30. The predicted octanol–water partition coefficient (Wildman–Crippen LogP) is 2.82. The van der Waals surface area contributed by atoms with Gasteiger partial charge in [0.1, 0.15) is 0 Å². The van der Waals surface area contributed by atoms with Crippen molar-refractivity contribution in [3.05, 3.63) is 24.3 Å². The van der Waals surface area contributed by atoms with Crippen LogP contribution < -0.4 is 4.72 Å². The van der Waals surface area contributed by atoms with Gasteiger partial charge in [0.15, 0.2) is 0 Å². The van der Waals surface area contributed by atoms with Gasteiger partial charge in [0.05, 0.1) is 9.79 Å². The fourth-order valence-electron chi connectivity index (χ4n) is 3.52. The van der Waals surface area contributed by atoms with Crippen molar-refractivity contribution in [2.24, 2.45) is 11.8 Å². The van der Waals surface area contributed by atoms with Gasteiger partial charge in [-0.25, -0.2) is 21.6 Å². The maximum absolute atomic E-state index is 12.7. The zero-order valence-corrected chi connectivity index (χ0v) is 17.6. The molecule has 0 saturated heterocycles. The van der Waals surface area contributed by atoms with E-state index in [1.165, 1.54) is 28.6 Å². The number of hydrogen-bond acceptors (Lipinski definition) is 4. The van der Waals surface area contributed by atoms with Gasteiger partial charge < -0.3 is 0 Å². The molecular weight excluding hydrogens is 372 g/mol. The molecule has 0 heterocycles. The van der Waals surface area contributed by atoms with E-state index in [1.54, 1.807) is 13.8 Å². The average Bonchev–Trinajstić information content (AvgIpc) is 2.60. The molecule has 0 radical (unpaired) electrons. The average molecular weight is 403 g/mol. The SMILES string of the molecule is CCN(CC)S(=O)(=O)c1ccc(S(=O)(=O)N[C@@H]2CCC[C@@H](C)[C@@H]2C)cc1. The molecular formula is C18H30N2O4S2. The van der Waals surface area contributed by atoms with Gasteiger partial charge in [-0.05, 0) is 42.5 Å². The van der Waals surface area contributed by atoms with Gasteiger partial charge in [0.2, 0.25) is 20.0 Å². The van der Waals surface area contributed by atoms with Crippen molar-refractivity contribution in [2.45, 2.75) is 62.8 Å². The van der Waals surface area contributed by atoms with E-state index in [-0.39, 0.29) is 21.8 Å². The third kappa shape index (κ3) is 4.47. The summed E-state index contributed by atoms with van der Waals surface area (Å²) in [5, 5.41) is 0. The smallest absolute Gasteiger partial charge is 0.208 e. The van der Waals surface area contributed by atoms with Crippen LogP contribution >= 0.6 is 0 Å². The number of nitrogens with zero attached hydrogens (tertiary/aromatic N) is 1. The van der Waals surface area contributed by atoms with Crippen LogP contribution in [-0.4, -0.2) is 40.3 Å². The first-order valence-electron chi connectivity index (χ1n) is 9.26. The molecule has 3 atom stereocenters. The maximum Gasteiger partial charge on any atom is 0.243 e. The Balaban J connectivity index is 2.21. The number of hydrogen-bond donors (Lipinski definition) is 1. The van der Waals surface area contributed by atoms with Gasteiger partial charge in [0.25, 0.3) is 0 Å². The molecule has 2 rings (SSSR count). The number of rotatable bonds is 7. The van der Waals surface area contributed by atoms with Crippen LogP contribution in [0.5, 0.6) is 0 Å². The van der Waals surface area contributed by atoms with E-state index < -0.39 is 20.0 Å². The molecule has 0 unspecified atom stereocenters. The summed E-state index contributed by atoms with van der Waals surface area (Å²) in [5.41, 5.74) is 0. The van der Waals surface area contributed by atoms with E-state index in [0.29, 0.717) is 19.0 Å². The molecule has 0 bridgehead atoms. The monoisotopic (exact) mass is 402 g/mol. The lowest BCUT2D eigenvalue weighted by atomic mass is 9.78. The molecule has 0 aromatic heterocycles. The van der Waals surface area contributed by atoms with Gasteiger partial charge in [-0.2, -0.15) is 4.31 Å². The molecule has 1 aliphatic carbocycles. The van der Waals surface area contributed by atoms with E-state index in [4.69, 9.17) is 0 Å². The number of benzene rings is 1. The number of sulfonamides is 2. The minimum atomic E-state index is -3.67. The first-order valence-corrected chi connectivity index (χ1v) is 12.2. The Kier molecular flexibility index (Phi) is 6.87. The van der Waals surface area contributed by atoms with Crippen molar-refractivity contribution in [1.29, 1.82) is 0 Å². The highest BCUT2D eigenvalue weighted by atomic mass is 32.2. The van der Waals surface area contributed by atoms with Crippen LogP contribution in [-0.2, 0) is 20.0 Å². The van der Waals surface area contributed by atoms with Crippen LogP contribution in [0.1, 0.15) is 47.0 Å². The Bertz CT molecular complexity index is 800. The van der Waals surface area contributed by atoms with E-state index in [2.05, 4.69) is 18.6 Å². The topological polar surface area (TPSA) is 83.6 Å². The fourth-order valence-corrected chi connectivity index (χ4v) is 6.34. The lowest BCUT2D eigenvalue weighted by Gasteiger charge is -2.34. The van der Waals surface area contributed by atoms with Gasteiger partial charge in [-0.15, -0.1) is 0 Å². The maximum atomic E-state index is 12.7. The summed E-state index contributed by atoms with van der Waals surface area (Å²) < 4.78 is 54.6. The highest BCUT2D eigenvalue weighted by Gasteiger charge is 2.31. The second-order valence-corrected chi connectivity index (χ2v) is 10.7. The van der Waals surface area contributed by atoms with Crippen molar-refractivity contribution in [3.63, 3.8) is 0 Å². The first-order chi connectivity index (χ1) is 12.1. The summed E-state index contributed by atoms with van der Waals surface area (Å²) in [6, 6.07) is 5.40. The van der Waals surface area contributed by atoms with Crippen molar-refractivity contribution in [3.8, 4) is 0 Å². The van der Waals surface area contributed by atoms with E-state index in [1.807, 2.05) is 0 Å². The quantitative estimate of drug-likeness (QED) is 0.760. The summed E-state index contributed by atoms with van der Waals surface area (Å²) in [4.78, 5) is 0.209. The van der Waals surface area contributed by atoms with Crippen molar-refractivity contribution in [1.82, 2.24) is 9.03 Å². The van der Waals surface area contributed by atoms with Crippen molar-refractivity contribution < 1.29 is 16.8 Å².